The summed E-state index contributed by atoms with van der Waals surface area (Å²) in [5, 5.41) is 0. The number of piperidine rings is 2. The summed E-state index contributed by atoms with van der Waals surface area (Å²) >= 11 is 0. The van der Waals surface area contributed by atoms with E-state index in [-0.39, 0.29) is 12.2 Å². The molecule has 3 aliphatic rings. The van der Waals surface area contributed by atoms with Gasteiger partial charge in [0.05, 0.1) is 29.1 Å². The molecule has 3 aliphatic heterocycles. The van der Waals surface area contributed by atoms with Crippen molar-refractivity contribution in [3.05, 3.63) is 24.0 Å². The molecule has 0 atom stereocenters. The number of likely N-dealkylation sites (tertiary alicyclic amines) is 1. The summed E-state index contributed by atoms with van der Waals surface area (Å²) in [5.74, 6) is 1.28. The highest BCUT2D eigenvalue weighted by Crippen LogP contribution is 2.27. The van der Waals surface area contributed by atoms with Crippen LogP contribution in [-0.4, -0.2) is 78.8 Å². The fraction of sp³-hybridized carbons (Fsp3) is 0.667. The van der Waals surface area contributed by atoms with E-state index in [9.17, 15) is 13.2 Å². The lowest BCUT2D eigenvalue weighted by Gasteiger charge is -2.33. The van der Waals surface area contributed by atoms with Gasteiger partial charge in [0, 0.05) is 52.0 Å². The molecular formula is C24H34N4O5S. The molecule has 10 heteroatoms. The van der Waals surface area contributed by atoms with Gasteiger partial charge in [-0.05, 0) is 43.9 Å². The average Bonchev–Trinajstić information content (AvgIpc) is 3.51. The number of aromatic nitrogens is 2. The Morgan fingerprint density at radius 3 is 2.47 bits per heavy atom. The predicted molar refractivity (Wildman–Crippen MR) is 127 cm³/mol. The van der Waals surface area contributed by atoms with Crippen LogP contribution in [0, 0.1) is 5.92 Å². The van der Waals surface area contributed by atoms with Crippen LogP contribution in [0.4, 0.5) is 0 Å². The highest BCUT2D eigenvalue weighted by Gasteiger charge is 2.32. The fourth-order valence-electron chi connectivity index (χ4n) is 5.31. The predicted octanol–water partition coefficient (Wildman–Crippen LogP) is 2.29. The minimum Gasteiger partial charge on any atom is -0.350 e. The lowest BCUT2D eigenvalue weighted by atomic mass is 9.96. The molecule has 0 bridgehead atoms. The smallest absolute Gasteiger partial charge is 0.243 e. The van der Waals surface area contributed by atoms with Gasteiger partial charge in [-0.3, -0.25) is 4.79 Å². The molecule has 186 valence electrons. The van der Waals surface area contributed by atoms with Crippen molar-refractivity contribution in [1.29, 1.82) is 0 Å². The number of benzene rings is 1. The van der Waals surface area contributed by atoms with Crippen LogP contribution in [0.1, 0.15) is 44.3 Å². The Morgan fingerprint density at radius 2 is 1.76 bits per heavy atom. The maximum absolute atomic E-state index is 13.0. The number of sulfonamides is 1. The van der Waals surface area contributed by atoms with E-state index in [0.29, 0.717) is 55.5 Å². The molecule has 0 N–H and O–H groups in total. The van der Waals surface area contributed by atoms with Crippen molar-refractivity contribution in [3.8, 4) is 0 Å². The quantitative estimate of drug-likeness (QED) is 0.617. The number of aryl methyl sites for hydroxylation is 2. The van der Waals surface area contributed by atoms with Crippen LogP contribution in [0.15, 0.2) is 23.1 Å². The Labute approximate surface area is 201 Å². The third-order valence-corrected chi connectivity index (χ3v) is 9.28. The summed E-state index contributed by atoms with van der Waals surface area (Å²) in [5.41, 5.74) is 1.53. The van der Waals surface area contributed by atoms with Crippen LogP contribution < -0.4 is 0 Å². The number of hydrogen-bond donors (Lipinski definition) is 0. The third-order valence-electron chi connectivity index (χ3n) is 7.38. The van der Waals surface area contributed by atoms with E-state index in [1.54, 1.807) is 16.4 Å². The minimum atomic E-state index is -3.50. The van der Waals surface area contributed by atoms with Crippen molar-refractivity contribution < 1.29 is 22.7 Å². The van der Waals surface area contributed by atoms with E-state index < -0.39 is 10.0 Å². The molecule has 3 saturated heterocycles. The molecule has 9 nitrogen and oxygen atoms in total. The largest absolute Gasteiger partial charge is 0.350 e. The maximum Gasteiger partial charge on any atom is 0.243 e. The Hall–Kier alpha value is -2.01. The first-order valence-corrected chi connectivity index (χ1v) is 13.8. The molecule has 1 aromatic carbocycles. The number of nitrogens with zero attached hydrogens (tertiary/aromatic N) is 4. The highest BCUT2D eigenvalue weighted by atomic mass is 32.2. The van der Waals surface area contributed by atoms with Crippen LogP contribution in [0.3, 0.4) is 0 Å². The molecule has 1 amide bonds. The van der Waals surface area contributed by atoms with Gasteiger partial charge in [0.15, 0.2) is 6.29 Å². The number of rotatable bonds is 6. The molecule has 0 radical (unpaired) electrons. The summed E-state index contributed by atoms with van der Waals surface area (Å²) in [6.45, 7) is 3.93. The van der Waals surface area contributed by atoms with E-state index in [1.165, 1.54) is 0 Å². The zero-order chi connectivity index (χ0) is 23.7. The van der Waals surface area contributed by atoms with Crippen LogP contribution >= 0.6 is 0 Å². The van der Waals surface area contributed by atoms with Gasteiger partial charge < -0.3 is 18.9 Å². The Bertz CT molecular complexity index is 1130. The standard InChI is InChI=1S/C24H34N4O5S/c1-26-21-6-5-19(34(30,31)28-11-3-2-4-12-28)17-20(21)25-22(26)7-8-23(29)27-13-9-18(10-14-27)24-32-15-16-33-24/h5-6,17-18,24H,2-4,7-16H2,1H3. The van der Waals surface area contributed by atoms with Gasteiger partial charge in [-0.15, -0.1) is 0 Å². The molecule has 0 spiro atoms. The molecule has 2 aromatic rings. The monoisotopic (exact) mass is 490 g/mol. The second-order valence-electron chi connectivity index (χ2n) is 9.53. The molecule has 4 heterocycles. The van der Waals surface area contributed by atoms with Gasteiger partial charge >= 0.3 is 0 Å². The molecule has 5 rings (SSSR count). The second-order valence-corrected chi connectivity index (χ2v) is 11.5. The van der Waals surface area contributed by atoms with Crippen LogP contribution in [0.25, 0.3) is 11.0 Å². The van der Waals surface area contributed by atoms with Gasteiger partial charge in [0.1, 0.15) is 5.82 Å². The summed E-state index contributed by atoms with van der Waals surface area (Å²) in [6, 6.07) is 5.16. The number of imidazole rings is 1. The lowest BCUT2D eigenvalue weighted by Crippen LogP contribution is -2.41. The van der Waals surface area contributed by atoms with Gasteiger partial charge in [-0.25, -0.2) is 13.4 Å². The van der Waals surface area contributed by atoms with Crippen molar-refractivity contribution in [2.75, 3.05) is 39.4 Å². The number of amides is 1. The summed E-state index contributed by atoms with van der Waals surface area (Å²) in [7, 11) is -1.59. The lowest BCUT2D eigenvalue weighted by molar-refractivity contribution is -0.136. The fourth-order valence-corrected chi connectivity index (χ4v) is 6.85. The highest BCUT2D eigenvalue weighted by molar-refractivity contribution is 7.89. The number of fused-ring (bicyclic) bond motifs is 1. The number of carbonyl (C=O) groups is 1. The summed E-state index contributed by atoms with van der Waals surface area (Å²) < 4.78 is 40.9. The van der Waals surface area contributed by atoms with Crippen molar-refractivity contribution in [1.82, 2.24) is 18.8 Å². The van der Waals surface area contributed by atoms with E-state index in [2.05, 4.69) is 4.98 Å². The number of hydrogen-bond acceptors (Lipinski definition) is 6. The third kappa shape index (κ3) is 4.73. The molecule has 0 unspecified atom stereocenters. The van der Waals surface area contributed by atoms with Crippen molar-refractivity contribution in [2.45, 2.75) is 56.1 Å². The normalized spacial score (nSPS) is 21.5. The summed E-state index contributed by atoms with van der Waals surface area (Å²) in [4.78, 5) is 19.7. The molecule has 34 heavy (non-hydrogen) atoms. The zero-order valence-electron chi connectivity index (χ0n) is 19.8. The van der Waals surface area contributed by atoms with Crippen molar-refractivity contribution in [3.63, 3.8) is 0 Å². The first-order chi connectivity index (χ1) is 16.4. The van der Waals surface area contributed by atoms with Crippen LogP contribution in [0.2, 0.25) is 0 Å². The van der Waals surface area contributed by atoms with E-state index >= 15 is 0 Å². The molecule has 1 aromatic heterocycles. The maximum atomic E-state index is 13.0. The Morgan fingerprint density at radius 1 is 1.06 bits per heavy atom. The van der Waals surface area contributed by atoms with Gasteiger partial charge in [-0.2, -0.15) is 4.31 Å². The van der Waals surface area contributed by atoms with Crippen molar-refractivity contribution >= 4 is 27.0 Å². The average molecular weight is 491 g/mol. The SMILES string of the molecule is Cn1c(CCC(=O)N2CCC(C3OCCO3)CC2)nc2cc(S(=O)(=O)N3CCCCC3)ccc21. The first kappa shape index (κ1) is 23.7. The molecule has 0 aliphatic carbocycles. The molecular weight excluding hydrogens is 456 g/mol. The topological polar surface area (TPSA) is 94.0 Å². The van der Waals surface area contributed by atoms with E-state index in [1.807, 2.05) is 22.6 Å². The Balaban J connectivity index is 1.22. The zero-order valence-corrected chi connectivity index (χ0v) is 20.6. The first-order valence-electron chi connectivity index (χ1n) is 12.4. The van der Waals surface area contributed by atoms with Gasteiger partial charge in [0.25, 0.3) is 0 Å². The van der Waals surface area contributed by atoms with Crippen LogP contribution in [0.5, 0.6) is 0 Å². The van der Waals surface area contributed by atoms with Gasteiger partial charge in [0.2, 0.25) is 15.9 Å². The summed E-state index contributed by atoms with van der Waals surface area (Å²) in [6.07, 6.45) is 5.49. The number of carbonyl (C=O) groups excluding carboxylic acids is 1. The van der Waals surface area contributed by atoms with Crippen LogP contribution in [-0.2, 0) is 37.8 Å². The number of ether oxygens (including phenoxy) is 2. The molecule has 0 saturated carbocycles. The second kappa shape index (κ2) is 9.93. The van der Waals surface area contributed by atoms with Crippen molar-refractivity contribution in [2.24, 2.45) is 13.0 Å². The minimum absolute atomic E-state index is 0.110. The van der Waals surface area contributed by atoms with E-state index in [4.69, 9.17) is 9.47 Å². The molecule has 3 fully saturated rings. The Kier molecular flexibility index (Phi) is 6.92. The van der Waals surface area contributed by atoms with Gasteiger partial charge in [-0.1, -0.05) is 6.42 Å². The van der Waals surface area contributed by atoms with E-state index in [0.717, 1.165) is 56.5 Å².